The lowest BCUT2D eigenvalue weighted by Gasteiger charge is -2.13. The summed E-state index contributed by atoms with van der Waals surface area (Å²) in [4.78, 5) is 20.0. The monoisotopic (exact) mass is 406 g/mol. The maximum absolute atomic E-state index is 14.4. The van der Waals surface area contributed by atoms with E-state index in [4.69, 9.17) is 11.6 Å². The molecule has 4 rings (SSSR count). The molecule has 0 aliphatic rings. The lowest BCUT2D eigenvalue weighted by atomic mass is 10.1. The molecule has 0 unspecified atom stereocenters. The van der Waals surface area contributed by atoms with Crippen LogP contribution in [0.25, 0.3) is 22.2 Å². The zero-order chi connectivity index (χ0) is 20.4. The van der Waals surface area contributed by atoms with Crippen LogP contribution in [0.3, 0.4) is 0 Å². The van der Waals surface area contributed by atoms with Crippen molar-refractivity contribution in [3.8, 4) is 11.3 Å². The Kier molecular flexibility index (Phi) is 5.10. The van der Waals surface area contributed by atoms with Crippen LogP contribution in [0.15, 0.2) is 66.9 Å². The van der Waals surface area contributed by atoms with E-state index in [2.05, 4.69) is 20.6 Å². The number of benzene rings is 2. The zero-order valence-corrected chi connectivity index (χ0v) is 16.2. The molecular weight excluding hydrogens is 391 g/mol. The van der Waals surface area contributed by atoms with Gasteiger partial charge >= 0.3 is 0 Å². The molecule has 5 nitrogen and oxygen atoms in total. The Morgan fingerprint density at radius 2 is 1.90 bits per heavy atom. The molecule has 1 amide bonds. The molecule has 0 aliphatic carbocycles. The van der Waals surface area contributed by atoms with Gasteiger partial charge in [-0.05, 0) is 36.4 Å². The van der Waals surface area contributed by atoms with Crippen molar-refractivity contribution in [3.63, 3.8) is 0 Å². The van der Waals surface area contributed by atoms with E-state index in [9.17, 15) is 9.18 Å². The van der Waals surface area contributed by atoms with Gasteiger partial charge < -0.3 is 10.6 Å². The minimum Gasteiger partial charge on any atom is -0.355 e. The van der Waals surface area contributed by atoms with E-state index in [0.29, 0.717) is 27.6 Å². The molecule has 2 heterocycles. The Bertz CT molecular complexity index is 1230. The number of hydrogen-bond donors (Lipinski definition) is 2. The summed E-state index contributed by atoms with van der Waals surface area (Å²) in [7, 11) is 0. The molecule has 0 spiro atoms. The van der Waals surface area contributed by atoms with E-state index >= 15 is 0 Å². The summed E-state index contributed by atoms with van der Waals surface area (Å²) in [5.74, 6) is -0.176. The van der Waals surface area contributed by atoms with Gasteiger partial charge in [0.15, 0.2) is 0 Å². The van der Waals surface area contributed by atoms with Crippen molar-refractivity contribution in [1.82, 2.24) is 9.97 Å². The highest BCUT2D eigenvalue weighted by Crippen LogP contribution is 2.32. The van der Waals surface area contributed by atoms with Gasteiger partial charge in [0, 0.05) is 40.8 Å². The van der Waals surface area contributed by atoms with Crippen molar-refractivity contribution in [3.05, 3.63) is 77.7 Å². The molecule has 0 atom stereocenters. The summed E-state index contributed by atoms with van der Waals surface area (Å²) in [5, 5.41) is 7.27. The fourth-order valence-corrected chi connectivity index (χ4v) is 3.20. The van der Waals surface area contributed by atoms with E-state index in [1.807, 2.05) is 24.3 Å². The number of carbonyl (C=O) groups is 1. The second-order valence-electron chi connectivity index (χ2n) is 6.43. The smallest absolute Gasteiger partial charge is 0.222 e. The van der Waals surface area contributed by atoms with Crippen LogP contribution >= 0.6 is 11.6 Å². The number of para-hydroxylation sites is 1. The highest BCUT2D eigenvalue weighted by molar-refractivity contribution is 6.30. The van der Waals surface area contributed by atoms with Gasteiger partial charge in [-0.3, -0.25) is 4.79 Å². The summed E-state index contributed by atoms with van der Waals surface area (Å²) >= 11 is 6.06. The van der Waals surface area contributed by atoms with Crippen LogP contribution < -0.4 is 10.6 Å². The number of halogens is 2. The summed E-state index contributed by atoms with van der Waals surface area (Å²) in [6.45, 7) is 1.42. The number of fused-ring (bicyclic) bond motifs is 1. The van der Waals surface area contributed by atoms with Gasteiger partial charge in [-0.25, -0.2) is 14.4 Å². The van der Waals surface area contributed by atoms with Crippen LogP contribution in [0, 0.1) is 5.82 Å². The first-order valence-electron chi connectivity index (χ1n) is 8.85. The Morgan fingerprint density at radius 3 is 2.72 bits per heavy atom. The number of amides is 1. The van der Waals surface area contributed by atoms with Gasteiger partial charge in [-0.15, -0.1) is 0 Å². The number of hydrogen-bond acceptors (Lipinski definition) is 4. The molecule has 2 aromatic carbocycles. The quantitative estimate of drug-likeness (QED) is 0.450. The first-order chi connectivity index (χ1) is 14.0. The second-order valence-corrected chi connectivity index (χ2v) is 6.87. The van der Waals surface area contributed by atoms with Crippen molar-refractivity contribution < 1.29 is 9.18 Å². The third-order valence-electron chi connectivity index (χ3n) is 4.26. The molecule has 7 heteroatoms. The highest BCUT2D eigenvalue weighted by atomic mass is 35.5. The van der Waals surface area contributed by atoms with Crippen molar-refractivity contribution in [2.75, 3.05) is 10.6 Å². The molecule has 2 aromatic heterocycles. The SMILES string of the molecule is CC(=O)Nc1cc(Nc2cc(-c3cc(Cl)ccc3F)nc3ccccc23)ccn1. The summed E-state index contributed by atoms with van der Waals surface area (Å²) < 4.78 is 14.4. The van der Waals surface area contributed by atoms with E-state index in [0.717, 1.165) is 16.8 Å². The van der Waals surface area contributed by atoms with Crippen molar-refractivity contribution in [2.45, 2.75) is 6.92 Å². The lowest BCUT2D eigenvalue weighted by Crippen LogP contribution is -2.07. The maximum atomic E-state index is 14.4. The van der Waals surface area contributed by atoms with Gasteiger partial charge in [0.05, 0.1) is 16.9 Å². The Labute approximate surface area is 171 Å². The van der Waals surface area contributed by atoms with Gasteiger partial charge in [0.25, 0.3) is 0 Å². The maximum Gasteiger partial charge on any atom is 0.222 e. The summed E-state index contributed by atoms with van der Waals surface area (Å²) in [6.07, 6.45) is 1.59. The number of anilines is 3. The Morgan fingerprint density at radius 1 is 1.07 bits per heavy atom. The second kappa shape index (κ2) is 7.85. The van der Waals surface area contributed by atoms with E-state index in [1.54, 1.807) is 30.5 Å². The van der Waals surface area contributed by atoms with Gasteiger partial charge in [-0.1, -0.05) is 29.8 Å². The average Bonchev–Trinajstić information content (AvgIpc) is 2.69. The molecular formula is C22H16ClFN4O. The Hall–Kier alpha value is -3.51. The largest absolute Gasteiger partial charge is 0.355 e. The topological polar surface area (TPSA) is 66.9 Å². The van der Waals surface area contributed by atoms with Crippen LogP contribution in [0.1, 0.15) is 6.92 Å². The first kappa shape index (κ1) is 18.8. The third-order valence-corrected chi connectivity index (χ3v) is 4.50. The van der Waals surface area contributed by atoms with Gasteiger partial charge in [-0.2, -0.15) is 0 Å². The van der Waals surface area contributed by atoms with Crippen molar-refractivity contribution in [1.29, 1.82) is 0 Å². The number of pyridine rings is 2. The predicted octanol–water partition coefficient (Wildman–Crippen LogP) is 5.79. The molecule has 2 N–H and O–H groups in total. The zero-order valence-electron chi connectivity index (χ0n) is 15.4. The molecule has 0 radical (unpaired) electrons. The number of rotatable bonds is 4. The van der Waals surface area contributed by atoms with Gasteiger partial charge in [0.2, 0.25) is 5.91 Å². The van der Waals surface area contributed by atoms with E-state index in [1.165, 1.54) is 19.1 Å². The van der Waals surface area contributed by atoms with Crippen LogP contribution in [-0.4, -0.2) is 15.9 Å². The number of nitrogens with one attached hydrogen (secondary N) is 2. The minimum atomic E-state index is -0.403. The number of nitrogens with zero attached hydrogens (tertiary/aromatic N) is 2. The van der Waals surface area contributed by atoms with E-state index < -0.39 is 5.82 Å². The molecule has 4 aromatic rings. The summed E-state index contributed by atoms with van der Waals surface area (Å²) in [6, 6.07) is 17.2. The molecule has 144 valence electrons. The van der Waals surface area contributed by atoms with Crippen molar-refractivity contribution >= 4 is 45.6 Å². The molecule has 0 fully saturated rings. The van der Waals surface area contributed by atoms with Crippen molar-refractivity contribution in [2.24, 2.45) is 0 Å². The minimum absolute atomic E-state index is 0.206. The molecule has 0 aliphatic heterocycles. The van der Waals surface area contributed by atoms with Crippen LogP contribution in [0.4, 0.5) is 21.6 Å². The van der Waals surface area contributed by atoms with Crippen LogP contribution in [0.2, 0.25) is 5.02 Å². The van der Waals surface area contributed by atoms with E-state index in [-0.39, 0.29) is 5.91 Å². The fourth-order valence-electron chi connectivity index (χ4n) is 3.02. The Balaban J connectivity index is 1.81. The molecule has 29 heavy (non-hydrogen) atoms. The van der Waals surface area contributed by atoms with Crippen LogP contribution in [0.5, 0.6) is 0 Å². The molecule has 0 bridgehead atoms. The summed E-state index contributed by atoms with van der Waals surface area (Å²) in [5.41, 5.74) is 2.95. The van der Waals surface area contributed by atoms with Gasteiger partial charge in [0.1, 0.15) is 11.6 Å². The number of aromatic nitrogens is 2. The van der Waals surface area contributed by atoms with Crippen LogP contribution in [-0.2, 0) is 4.79 Å². The lowest BCUT2D eigenvalue weighted by molar-refractivity contribution is -0.114. The predicted molar refractivity (Wildman–Crippen MR) is 114 cm³/mol. The number of carbonyl (C=O) groups excluding carboxylic acids is 1. The normalized spacial score (nSPS) is 10.7. The molecule has 0 saturated heterocycles. The average molecular weight is 407 g/mol. The highest BCUT2D eigenvalue weighted by Gasteiger charge is 2.12. The first-order valence-corrected chi connectivity index (χ1v) is 9.23. The standard InChI is InChI=1S/C22H16ClFN4O/c1-13(29)26-22-11-15(8-9-25-22)27-20-12-21(17-10-14(23)6-7-18(17)24)28-19-5-3-2-4-16(19)20/h2-12H,1H3,(H2,25,26,27,28,29). The molecule has 0 saturated carbocycles. The fraction of sp³-hybridized carbons (Fsp3) is 0.0455. The third kappa shape index (κ3) is 4.17.